The molecule has 0 radical (unpaired) electrons. The lowest BCUT2D eigenvalue weighted by Gasteiger charge is -2.61. The van der Waals surface area contributed by atoms with Crippen molar-refractivity contribution in [2.24, 2.45) is 34.8 Å². The van der Waals surface area contributed by atoms with Gasteiger partial charge in [-0.3, -0.25) is 0 Å². The Bertz CT molecular complexity index is 230. The van der Waals surface area contributed by atoms with Crippen LogP contribution in [0.3, 0.4) is 0 Å². The first-order valence-electron chi connectivity index (χ1n) is 6.36. The van der Waals surface area contributed by atoms with Crippen molar-refractivity contribution in [1.29, 1.82) is 0 Å². The van der Waals surface area contributed by atoms with E-state index in [4.69, 9.17) is 5.73 Å². The Hall–Kier alpha value is -0.0400. The highest BCUT2D eigenvalue weighted by Gasteiger charge is 2.54. The van der Waals surface area contributed by atoms with Gasteiger partial charge in [0.1, 0.15) is 0 Å². The first-order chi connectivity index (χ1) is 6.61. The Morgan fingerprint density at radius 2 is 1.71 bits per heavy atom. The first kappa shape index (κ1) is 9.21. The van der Waals surface area contributed by atoms with Crippen molar-refractivity contribution in [1.82, 2.24) is 0 Å². The van der Waals surface area contributed by atoms with Crippen LogP contribution in [0, 0.1) is 29.1 Å². The summed E-state index contributed by atoms with van der Waals surface area (Å²) in [5.74, 6) is 4.08. The molecule has 0 aromatic heterocycles. The zero-order chi connectivity index (χ0) is 9.92. The topological polar surface area (TPSA) is 26.0 Å². The molecule has 4 rings (SSSR count). The molecule has 4 saturated carbocycles. The van der Waals surface area contributed by atoms with E-state index in [9.17, 15) is 0 Å². The predicted octanol–water partition coefficient (Wildman–Crippen LogP) is 2.80. The van der Waals surface area contributed by atoms with Gasteiger partial charge in [0.05, 0.1) is 0 Å². The van der Waals surface area contributed by atoms with Crippen LogP contribution < -0.4 is 5.73 Å². The van der Waals surface area contributed by atoms with E-state index in [0.717, 1.165) is 23.7 Å². The summed E-state index contributed by atoms with van der Waals surface area (Å²) in [4.78, 5) is 0. The monoisotopic (exact) mass is 193 g/mol. The van der Waals surface area contributed by atoms with Crippen molar-refractivity contribution in [3.05, 3.63) is 0 Å². The predicted molar refractivity (Wildman–Crippen MR) is 58.8 cm³/mol. The average Bonchev–Trinajstić information content (AvgIpc) is 2.12. The largest absolute Gasteiger partial charge is 0.327 e. The molecule has 0 aliphatic heterocycles. The summed E-state index contributed by atoms with van der Waals surface area (Å²) in [5.41, 5.74) is 6.80. The summed E-state index contributed by atoms with van der Waals surface area (Å²) in [6.07, 6.45) is 7.38. The van der Waals surface area contributed by atoms with Crippen LogP contribution in [0.25, 0.3) is 0 Å². The molecule has 4 fully saturated rings. The number of rotatable bonds is 1. The highest BCUT2D eigenvalue weighted by atomic mass is 14.7. The van der Waals surface area contributed by atoms with Crippen molar-refractivity contribution in [2.75, 3.05) is 0 Å². The smallest absolute Gasteiger partial charge is 0.00673 e. The van der Waals surface area contributed by atoms with Gasteiger partial charge in [-0.25, -0.2) is 0 Å². The van der Waals surface area contributed by atoms with Crippen LogP contribution >= 0.6 is 0 Å². The van der Waals surface area contributed by atoms with Gasteiger partial charge in [0.15, 0.2) is 0 Å². The fourth-order valence-electron chi connectivity index (χ4n) is 4.90. The normalized spacial score (nSPS) is 57.6. The van der Waals surface area contributed by atoms with E-state index < -0.39 is 0 Å². The van der Waals surface area contributed by atoms with Crippen LogP contribution in [0.1, 0.15) is 46.0 Å². The molecule has 0 saturated heterocycles. The zero-order valence-corrected chi connectivity index (χ0v) is 9.50. The minimum Gasteiger partial charge on any atom is -0.327 e. The molecule has 0 aromatic carbocycles. The van der Waals surface area contributed by atoms with E-state index in [1.165, 1.54) is 32.1 Å². The van der Waals surface area contributed by atoms with E-state index in [1.807, 2.05) is 0 Å². The third-order valence-corrected chi connectivity index (χ3v) is 5.76. The Morgan fingerprint density at radius 3 is 2.21 bits per heavy atom. The Kier molecular flexibility index (Phi) is 1.81. The van der Waals surface area contributed by atoms with Gasteiger partial charge in [-0.05, 0) is 68.1 Å². The lowest BCUT2D eigenvalue weighted by Crippen LogP contribution is -2.56. The molecular formula is C13H23N. The van der Waals surface area contributed by atoms with E-state index in [0.29, 0.717) is 11.5 Å². The van der Waals surface area contributed by atoms with Crippen LogP contribution in [0.15, 0.2) is 0 Å². The molecule has 2 N–H and O–H groups in total. The zero-order valence-electron chi connectivity index (χ0n) is 9.50. The molecule has 4 bridgehead atoms. The molecule has 0 aromatic rings. The van der Waals surface area contributed by atoms with Gasteiger partial charge in [-0.1, -0.05) is 6.92 Å². The van der Waals surface area contributed by atoms with Gasteiger partial charge < -0.3 is 5.73 Å². The summed E-state index contributed by atoms with van der Waals surface area (Å²) in [6, 6.07) is 0.433. The summed E-state index contributed by atoms with van der Waals surface area (Å²) in [7, 11) is 0. The molecule has 4 aliphatic rings. The molecule has 1 heteroatoms. The molecule has 1 nitrogen and oxygen atoms in total. The van der Waals surface area contributed by atoms with Gasteiger partial charge in [-0.15, -0.1) is 0 Å². The minimum atomic E-state index is 0.433. The summed E-state index contributed by atoms with van der Waals surface area (Å²) >= 11 is 0. The molecule has 0 heterocycles. The summed E-state index contributed by atoms with van der Waals surface area (Å²) < 4.78 is 0. The van der Waals surface area contributed by atoms with Gasteiger partial charge in [-0.2, -0.15) is 0 Å². The number of hydrogen-bond donors (Lipinski definition) is 1. The highest BCUT2D eigenvalue weighted by molar-refractivity contribution is 5.06. The Balaban J connectivity index is 1.92. The van der Waals surface area contributed by atoms with E-state index in [1.54, 1.807) is 0 Å². The molecule has 0 amide bonds. The standard InChI is InChI=1S/C13H23N/c1-8-11-3-10-4-12(8)7-13(5-10,6-11)9(2)14/h8-12H,3-7,14H2,1-2H3. The van der Waals surface area contributed by atoms with Crippen LogP contribution in [0.2, 0.25) is 0 Å². The van der Waals surface area contributed by atoms with Crippen LogP contribution in [0.4, 0.5) is 0 Å². The SMILES string of the molecule is CC1C2CC3CC1CC(C(C)N)(C3)C2. The average molecular weight is 193 g/mol. The lowest BCUT2D eigenvalue weighted by molar-refractivity contribution is -0.0981. The number of nitrogens with two attached hydrogens (primary N) is 1. The Labute approximate surface area is 87.4 Å². The molecule has 3 unspecified atom stereocenters. The lowest BCUT2D eigenvalue weighted by atomic mass is 9.45. The quantitative estimate of drug-likeness (QED) is 0.681. The van der Waals surface area contributed by atoms with Crippen molar-refractivity contribution < 1.29 is 0 Å². The summed E-state index contributed by atoms with van der Waals surface area (Å²) in [5, 5.41) is 0. The fraction of sp³-hybridized carbons (Fsp3) is 1.00. The summed E-state index contributed by atoms with van der Waals surface area (Å²) in [6.45, 7) is 4.74. The van der Waals surface area contributed by atoms with E-state index >= 15 is 0 Å². The molecular weight excluding hydrogens is 170 g/mol. The van der Waals surface area contributed by atoms with E-state index in [2.05, 4.69) is 13.8 Å². The second-order valence-electron chi connectivity index (χ2n) is 6.48. The van der Waals surface area contributed by atoms with Crippen molar-refractivity contribution in [3.8, 4) is 0 Å². The molecule has 4 aliphatic carbocycles. The van der Waals surface area contributed by atoms with Gasteiger partial charge >= 0.3 is 0 Å². The van der Waals surface area contributed by atoms with Crippen LogP contribution in [-0.2, 0) is 0 Å². The van der Waals surface area contributed by atoms with Crippen molar-refractivity contribution >= 4 is 0 Å². The van der Waals surface area contributed by atoms with E-state index in [-0.39, 0.29) is 0 Å². The Morgan fingerprint density at radius 1 is 1.14 bits per heavy atom. The van der Waals surface area contributed by atoms with Crippen LogP contribution in [0.5, 0.6) is 0 Å². The molecule has 80 valence electrons. The second-order valence-corrected chi connectivity index (χ2v) is 6.48. The van der Waals surface area contributed by atoms with Gasteiger partial charge in [0.2, 0.25) is 0 Å². The maximum Gasteiger partial charge on any atom is 0.00673 e. The molecule has 0 spiro atoms. The fourth-order valence-corrected chi connectivity index (χ4v) is 4.90. The van der Waals surface area contributed by atoms with Gasteiger partial charge in [0, 0.05) is 6.04 Å². The first-order valence-corrected chi connectivity index (χ1v) is 6.36. The maximum atomic E-state index is 6.24. The number of hydrogen-bond acceptors (Lipinski definition) is 1. The third-order valence-electron chi connectivity index (χ3n) is 5.76. The second kappa shape index (κ2) is 2.75. The maximum absolute atomic E-state index is 6.24. The van der Waals surface area contributed by atoms with Gasteiger partial charge in [0.25, 0.3) is 0 Å². The third kappa shape index (κ3) is 1.05. The molecule has 14 heavy (non-hydrogen) atoms. The highest BCUT2D eigenvalue weighted by Crippen LogP contribution is 2.62. The van der Waals surface area contributed by atoms with Crippen LogP contribution in [-0.4, -0.2) is 6.04 Å². The minimum absolute atomic E-state index is 0.433. The van der Waals surface area contributed by atoms with Crippen molar-refractivity contribution in [2.45, 2.75) is 52.0 Å². The molecule has 3 atom stereocenters. The van der Waals surface area contributed by atoms with Crippen molar-refractivity contribution in [3.63, 3.8) is 0 Å².